The third-order valence-electron chi connectivity index (χ3n) is 23.2. The van der Waals surface area contributed by atoms with Crippen molar-refractivity contribution in [3.8, 4) is 67.3 Å². The van der Waals surface area contributed by atoms with E-state index in [-0.39, 0.29) is 11.1 Å². The molecule has 5 nitrogen and oxygen atoms in total. The standard InChI is InChI=1S/C30H24NS.C29H22NS.C24H21N2S.C24H20NS/c1-19-8-10-21(11-9-19)22-12-14-25-23(18-22)13-15-27-28(25)26-16-17-31(3)29(30(26)32-27)24-7-5-4-6-20(24)2;1-19-8-6-7-11-23(19)28-29-25(16-17-30(28)2)27-24-14-12-21(20-9-4-3-5-10-20)18-22(24)13-15-26(27)31-29;1-14-9-10-18(15(2)11-14)22-23-20(16(3)13-26(22)4)21-19-8-6-5-7-17(19)12-25-24(21)27-23;1-15-8-10-19-17(14-15)9-11-21-22(19)20-12-13-25(3)23(24(20)26-21)18-7-5-4-6-16(18)2/h4-18H,1-3H3;3-18H,1-2H3;5-13H,1-4H3;4-14H,1-3H3/q4*+1/i;;1D3,3D3;. The summed E-state index contributed by atoms with van der Waals surface area (Å²) < 4.78 is 65.4. The Balaban J connectivity index is 0.000000107. The molecule has 9 aromatic heterocycles. The van der Waals surface area contributed by atoms with Gasteiger partial charge in [-0.05, 0) is 192 Å². The van der Waals surface area contributed by atoms with Gasteiger partial charge in [-0.2, -0.15) is 18.3 Å². The van der Waals surface area contributed by atoms with Crippen LogP contribution in [-0.4, -0.2) is 4.98 Å². The maximum atomic E-state index is 8.23. The molecule has 0 aliphatic rings. The second kappa shape index (κ2) is 30.1. The molecular formula is C107H87N5S4+4. The number of aryl methyl sites for hydroxylation is 12. The zero-order chi connectivity index (χ0) is 84.3. The molecule has 0 amide bonds. The molecule has 0 fully saturated rings. The average Bonchev–Trinajstić information content (AvgIpc) is 1.58. The molecule has 0 saturated carbocycles. The molecule has 0 spiro atoms. The molecule has 0 atom stereocenters. The largest absolute Gasteiger partial charge is 0.245 e. The van der Waals surface area contributed by atoms with Gasteiger partial charge in [-0.15, -0.1) is 45.3 Å². The predicted molar refractivity (Wildman–Crippen MR) is 500 cm³/mol. The summed E-state index contributed by atoms with van der Waals surface area (Å²) in [6, 6.07) is 99.5. The van der Waals surface area contributed by atoms with Gasteiger partial charge in [-0.1, -0.05) is 223 Å². The highest BCUT2D eigenvalue weighted by molar-refractivity contribution is 7.27. The summed E-state index contributed by atoms with van der Waals surface area (Å²) in [5, 5.41) is 19.5. The zero-order valence-electron chi connectivity index (χ0n) is 72.3. The Morgan fingerprint density at radius 1 is 0.267 bits per heavy atom. The van der Waals surface area contributed by atoms with E-state index in [0.29, 0.717) is 5.39 Å². The molecule has 0 unspecified atom stereocenters. The minimum atomic E-state index is -2.31. The van der Waals surface area contributed by atoms with Crippen LogP contribution in [0.15, 0.2) is 310 Å². The average molecular weight is 1580 g/mol. The minimum absolute atomic E-state index is 0.282. The second-order valence-corrected chi connectivity index (χ2v) is 35.0. The van der Waals surface area contributed by atoms with Crippen molar-refractivity contribution >= 4 is 169 Å². The van der Waals surface area contributed by atoms with Gasteiger partial charge in [0.2, 0.25) is 22.8 Å². The molecule has 0 bridgehead atoms. The predicted octanol–water partition coefficient (Wildman–Crippen LogP) is 28.0. The number of nitrogens with zero attached hydrogens (tertiary/aromatic N) is 5. The van der Waals surface area contributed by atoms with Gasteiger partial charge in [0, 0.05) is 101 Å². The number of thiophene rings is 4. The van der Waals surface area contributed by atoms with Crippen LogP contribution in [-0.2, 0) is 28.2 Å². The van der Waals surface area contributed by atoms with Crippen LogP contribution in [0.3, 0.4) is 0 Å². The SMILES string of the molecule is Cc1ccc(-c2ccc3c(ccc4sc5c(-c6ccccc6C)[n+](C)ccc5c43)c2)cc1.Cc1ccc2c(ccc3sc4c(-c5ccccc5C)[n+](C)ccc4c32)c1.Cc1ccccc1-c1c2sc3ccc4cc(-c5ccccc5)ccc4c3c2cc[n+]1C.[2H]C([2H])([2H])c1ccc(-c2c3sc4ncc5ccccc5c4c3c(C([2H])([2H])[2H])c[n+]2C)c(C)c1. The molecule has 9 heterocycles. The number of benzene rings is 13. The fourth-order valence-corrected chi connectivity index (χ4v) is 22.5. The van der Waals surface area contributed by atoms with E-state index in [4.69, 9.17) is 8.22 Å². The molecule has 0 radical (unpaired) electrons. The van der Waals surface area contributed by atoms with Crippen molar-refractivity contribution in [2.45, 2.75) is 55.2 Å². The Morgan fingerprint density at radius 2 is 0.681 bits per heavy atom. The van der Waals surface area contributed by atoms with Crippen LogP contribution in [0.25, 0.3) is 191 Å². The Labute approximate surface area is 700 Å². The lowest BCUT2D eigenvalue weighted by atomic mass is 9.97. The number of pyridine rings is 5. The molecule has 0 aliphatic heterocycles. The summed E-state index contributed by atoms with van der Waals surface area (Å²) in [5.41, 5.74) is 22.5. The normalized spacial score (nSPS) is 12.6. The quantitative estimate of drug-likeness (QED) is 0.153. The Kier molecular flexibility index (Phi) is 17.3. The molecule has 560 valence electrons. The molecular weight excluding hydrogens is 1480 g/mol. The molecule has 22 rings (SSSR count). The van der Waals surface area contributed by atoms with Crippen molar-refractivity contribution in [2.24, 2.45) is 28.2 Å². The van der Waals surface area contributed by atoms with Crippen molar-refractivity contribution < 1.29 is 26.5 Å². The third kappa shape index (κ3) is 13.0. The van der Waals surface area contributed by atoms with Gasteiger partial charge >= 0.3 is 0 Å². The van der Waals surface area contributed by atoms with Gasteiger partial charge < -0.3 is 0 Å². The minimum Gasteiger partial charge on any atom is -0.245 e. The van der Waals surface area contributed by atoms with Crippen LogP contribution in [0, 0.1) is 55.2 Å². The first-order valence-corrected chi connectivity index (χ1v) is 42.5. The van der Waals surface area contributed by atoms with Gasteiger partial charge in [0.15, 0.2) is 24.8 Å². The monoisotopic (exact) mass is 1580 g/mol. The molecule has 9 heteroatoms. The molecule has 13 aromatic carbocycles. The third-order valence-corrected chi connectivity index (χ3v) is 27.8. The van der Waals surface area contributed by atoms with E-state index in [2.05, 4.69) is 330 Å². The lowest BCUT2D eigenvalue weighted by molar-refractivity contribution is -0.659. The van der Waals surface area contributed by atoms with Crippen LogP contribution in [0.5, 0.6) is 0 Å². The second-order valence-electron chi connectivity index (χ2n) is 30.8. The van der Waals surface area contributed by atoms with E-state index in [1.165, 1.54) is 188 Å². The van der Waals surface area contributed by atoms with Gasteiger partial charge in [0.25, 0.3) is 0 Å². The van der Waals surface area contributed by atoms with Crippen LogP contribution in [0.4, 0.5) is 0 Å². The molecule has 0 saturated heterocycles. The van der Waals surface area contributed by atoms with E-state index in [0.717, 1.165) is 42.5 Å². The smallest absolute Gasteiger partial charge is 0.230 e. The Hall–Kier alpha value is -12.5. The van der Waals surface area contributed by atoms with Crippen LogP contribution >= 0.6 is 45.3 Å². The van der Waals surface area contributed by atoms with Crippen molar-refractivity contribution in [3.63, 3.8) is 0 Å². The first kappa shape index (κ1) is 66.9. The number of aromatic nitrogens is 5. The summed E-state index contributed by atoms with van der Waals surface area (Å²) in [6.45, 7) is 8.27. The van der Waals surface area contributed by atoms with E-state index in [9.17, 15) is 0 Å². The Bertz CT molecular complexity index is 7990. The lowest BCUT2D eigenvalue weighted by Gasteiger charge is -2.08. The fourth-order valence-electron chi connectivity index (χ4n) is 17.3. The molecule has 0 N–H and O–H groups in total. The van der Waals surface area contributed by atoms with E-state index in [1.54, 1.807) is 18.3 Å². The van der Waals surface area contributed by atoms with Gasteiger partial charge in [0.05, 0.1) is 22.3 Å². The lowest BCUT2D eigenvalue weighted by Crippen LogP contribution is -2.31. The summed E-state index contributed by atoms with van der Waals surface area (Å²) in [5.74, 6) is 0. The van der Waals surface area contributed by atoms with E-state index < -0.39 is 13.7 Å². The first-order chi connectivity index (χ1) is 58.9. The highest BCUT2D eigenvalue weighted by atomic mass is 32.1. The van der Waals surface area contributed by atoms with Crippen molar-refractivity contribution in [1.29, 1.82) is 0 Å². The van der Waals surface area contributed by atoms with Gasteiger partial charge in [-0.25, -0.2) is 4.98 Å². The topological polar surface area (TPSA) is 28.4 Å². The zero-order valence-corrected chi connectivity index (χ0v) is 69.6. The first-order valence-electron chi connectivity index (χ1n) is 42.2. The summed E-state index contributed by atoms with van der Waals surface area (Å²) >= 11 is 7.17. The number of hydrogen-bond acceptors (Lipinski definition) is 5. The van der Waals surface area contributed by atoms with Crippen molar-refractivity contribution in [1.82, 2.24) is 4.98 Å². The number of rotatable bonds is 6. The highest BCUT2D eigenvalue weighted by Gasteiger charge is 2.28. The van der Waals surface area contributed by atoms with Crippen LogP contribution < -0.4 is 18.3 Å². The number of hydrogen-bond donors (Lipinski definition) is 0. The summed E-state index contributed by atoms with van der Waals surface area (Å²) in [4.78, 5) is 5.43. The Morgan fingerprint density at radius 3 is 1.17 bits per heavy atom. The highest BCUT2D eigenvalue weighted by Crippen LogP contribution is 2.48. The van der Waals surface area contributed by atoms with Gasteiger partial charge in [0.1, 0.15) is 51.8 Å². The van der Waals surface area contributed by atoms with Crippen LogP contribution in [0.2, 0.25) is 0 Å². The fraction of sp³-hybridized carbons (Fsp3) is 0.112. The summed E-state index contributed by atoms with van der Waals surface area (Å²) in [6.07, 6.45) is 10.1. The maximum Gasteiger partial charge on any atom is 0.230 e. The maximum absolute atomic E-state index is 8.23. The summed E-state index contributed by atoms with van der Waals surface area (Å²) in [7, 11) is 8.28. The molecule has 22 aromatic rings. The van der Waals surface area contributed by atoms with Gasteiger partial charge in [-0.3, -0.25) is 0 Å². The van der Waals surface area contributed by atoms with E-state index >= 15 is 0 Å². The van der Waals surface area contributed by atoms with Crippen molar-refractivity contribution in [3.05, 3.63) is 355 Å². The van der Waals surface area contributed by atoms with Crippen molar-refractivity contribution in [2.75, 3.05) is 0 Å². The van der Waals surface area contributed by atoms with Crippen LogP contribution in [0.1, 0.15) is 52.7 Å². The van der Waals surface area contributed by atoms with E-state index in [1.807, 2.05) is 89.1 Å². The molecule has 116 heavy (non-hydrogen) atoms. The molecule has 0 aliphatic carbocycles. The number of fused-ring (bicyclic) bond motifs is 20.